The number of hydrogen-bond acceptors (Lipinski definition) is 1. The van der Waals surface area contributed by atoms with Crippen LogP contribution in [0, 0.1) is 23.7 Å². The van der Waals surface area contributed by atoms with Crippen LogP contribution in [0.3, 0.4) is 0 Å². The largest absolute Gasteiger partial charge is 0.298 e. The van der Waals surface area contributed by atoms with E-state index in [9.17, 15) is 0 Å². The standard InChI is InChI=1S/C21H43N/c1-8-9-11-19(12-10-13-21-18(6)22(21)7)14-15-20(16(2)3)17(4)5/h16-21H,8-15H2,1-7H3. The van der Waals surface area contributed by atoms with Gasteiger partial charge in [0.05, 0.1) is 0 Å². The molecule has 0 aromatic rings. The fourth-order valence-corrected chi connectivity index (χ4v) is 4.42. The fraction of sp³-hybridized carbons (Fsp3) is 1.00. The average molecular weight is 310 g/mol. The first kappa shape index (κ1) is 20.0. The van der Waals surface area contributed by atoms with E-state index in [1.807, 2.05) is 0 Å². The van der Waals surface area contributed by atoms with Gasteiger partial charge in [0, 0.05) is 12.1 Å². The molecule has 0 amide bonds. The zero-order chi connectivity index (χ0) is 16.7. The Labute approximate surface area is 141 Å². The highest BCUT2D eigenvalue weighted by atomic mass is 15.3. The Morgan fingerprint density at radius 2 is 1.41 bits per heavy atom. The first-order valence-corrected chi connectivity index (χ1v) is 10.1. The smallest absolute Gasteiger partial charge is 0.0249 e. The average Bonchev–Trinajstić information content (AvgIpc) is 3.01. The van der Waals surface area contributed by atoms with Crippen molar-refractivity contribution in [3.8, 4) is 0 Å². The lowest BCUT2D eigenvalue weighted by Gasteiger charge is -2.27. The van der Waals surface area contributed by atoms with Crippen molar-refractivity contribution in [1.82, 2.24) is 4.90 Å². The van der Waals surface area contributed by atoms with Crippen molar-refractivity contribution in [3.63, 3.8) is 0 Å². The van der Waals surface area contributed by atoms with E-state index in [0.29, 0.717) is 0 Å². The van der Waals surface area contributed by atoms with Gasteiger partial charge in [0.15, 0.2) is 0 Å². The Kier molecular flexibility index (Phi) is 9.05. The van der Waals surface area contributed by atoms with Gasteiger partial charge in [0.2, 0.25) is 0 Å². The van der Waals surface area contributed by atoms with E-state index in [1.54, 1.807) is 0 Å². The maximum absolute atomic E-state index is 2.52. The molecule has 1 fully saturated rings. The summed E-state index contributed by atoms with van der Waals surface area (Å²) in [5, 5.41) is 0. The van der Waals surface area contributed by atoms with Gasteiger partial charge in [0.1, 0.15) is 0 Å². The van der Waals surface area contributed by atoms with Crippen molar-refractivity contribution < 1.29 is 0 Å². The molecule has 0 aromatic carbocycles. The van der Waals surface area contributed by atoms with Crippen molar-refractivity contribution in [3.05, 3.63) is 0 Å². The topological polar surface area (TPSA) is 3.01 Å². The zero-order valence-corrected chi connectivity index (χ0v) is 16.6. The molecular formula is C21H43N. The lowest BCUT2D eigenvalue weighted by atomic mass is 9.79. The molecule has 22 heavy (non-hydrogen) atoms. The van der Waals surface area contributed by atoms with Crippen LogP contribution in [0.2, 0.25) is 0 Å². The maximum Gasteiger partial charge on any atom is 0.0249 e. The van der Waals surface area contributed by atoms with Gasteiger partial charge in [-0.3, -0.25) is 4.90 Å². The summed E-state index contributed by atoms with van der Waals surface area (Å²) in [5.74, 6) is 3.58. The highest BCUT2D eigenvalue weighted by Gasteiger charge is 2.39. The van der Waals surface area contributed by atoms with Crippen molar-refractivity contribution >= 4 is 0 Å². The molecule has 0 radical (unpaired) electrons. The van der Waals surface area contributed by atoms with Crippen LogP contribution < -0.4 is 0 Å². The third-order valence-electron chi connectivity index (χ3n) is 6.33. The minimum absolute atomic E-state index is 0.841. The summed E-state index contributed by atoms with van der Waals surface area (Å²) >= 11 is 0. The summed E-state index contributed by atoms with van der Waals surface area (Å²) in [6.45, 7) is 14.4. The lowest BCUT2D eigenvalue weighted by molar-refractivity contribution is 0.237. The van der Waals surface area contributed by atoms with E-state index < -0.39 is 0 Å². The summed E-state index contributed by atoms with van der Waals surface area (Å²) < 4.78 is 0. The third kappa shape index (κ3) is 6.60. The minimum atomic E-state index is 0.841. The SMILES string of the molecule is CCCCC(CCCC1C(C)N1C)CCC(C(C)C)C(C)C. The number of hydrogen-bond donors (Lipinski definition) is 0. The Morgan fingerprint density at radius 1 is 0.864 bits per heavy atom. The third-order valence-corrected chi connectivity index (χ3v) is 6.33. The molecule has 1 heteroatoms. The number of unbranched alkanes of at least 4 members (excludes halogenated alkanes) is 1. The lowest BCUT2D eigenvalue weighted by Crippen LogP contribution is -2.17. The Bertz CT molecular complexity index is 268. The first-order valence-electron chi connectivity index (χ1n) is 10.1. The van der Waals surface area contributed by atoms with Crippen LogP contribution in [0.15, 0.2) is 0 Å². The number of rotatable bonds is 12. The second kappa shape index (κ2) is 9.96. The van der Waals surface area contributed by atoms with Crippen LogP contribution in [-0.4, -0.2) is 24.0 Å². The van der Waals surface area contributed by atoms with Gasteiger partial charge in [-0.05, 0) is 50.5 Å². The second-order valence-electron chi connectivity index (χ2n) is 8.64. The van der Waals surface area contributed by atoms with E-state index >= 15 is 0 Å². The van der Waals surface area contributed by atoms with Gasteiger partial charge in [-0.15, -0.1) is 0 Å². The van der Waals surface area contributed by atoms with Crippen LogP contribution in [0.1, 0.15) is 92.9 Å². The summed E-state index contributed by atoms with van der Waals surface area (Å²) in [4.78, 5) is 2.52. The van der Waals surface area contributed by atoms with Crippen molar-refractivity contribution in [2.45, 2.75) is 105 Å². The predicted molar refractivity (Wildman–Crippen MR) is 100 cm³/mol. The van der Waals surface area contributed by atoms with Crippen LogP contribution in [0.5, 0.6) is 0 Å². The number of nitrogens with zero attached hydrogens (tertiary/aromatic N) is 1. The first-order chi connectivity index (χ1) is 10.4. The fourth-order valence-electron chi connectivity index (χ4n) is 4.42. The quantitative estimate of drug-likeness (QED) is 0.378. The molecule has 0 bridgehead atoms. The van der Waals surface area contributed by atoms with Crippen LogP contribution >= 0.6 is 0 Å². The van der Waals surface area contributed by atoms with Gasteiger partial charge >= 0.3 is 0 Å². The normalized spacial score (nSPS) is 26.2. The Balaban J connectivity index is 2.32. The van der Waals surface area contributed by atoms with Crippen LogP contribution in [-0.2, 0) is 0 Å². The van der Waals surface area contributed by atoms with E-state index in [4.69, 9.17) is 0 Å². The van der Waals surface area contributed by atoms with Crippen LogP contribution in [0.25, 0.3) is 0 Å². The highest BCUT2D eigenvalue weighted by molar-refractivity contribution is 4.95. The Hall–Kier alpha value is -0.0400. The minimum Gasteiger partial charge on any atom is -0.298 e. The molecule has 132 valence electrons. The van der Waals surface area contributed by atoms with Crippen LogP contribution in [0.4, 0.5) is 0 Å². The van der Waals surface area contributed by atoms with Gasteiger partial charge in [-0.25, -0.2) is 0 Å². The molecule has 4 unspecified atom stereocenters. The molecule has 1 nitrogen and oxygen atoms in total. The molecule has 1 saturated heterocycles. The van der Waals surface area contributed by atoms with Gasteiger partial charge < -0.3 is 0 Å². The molecule has 1 rings (SSSR count). The van der Waals surface area contributed by atoms with Crippen molar-refractivity contribution in [2.24, 2.45) is 23.7 Å². The zero-order valence-electron chi connectivity index (χ0n) is 16.6. The molecule has 0 saturated carbocycles. The Morgan fingerprint density at radius 3 is 1.86 bits per heavy atom. The van der Waals surface area contributed by atoms with E-state index in [-0.39, 0.29) is 0 Å². The summed E-state index contributed by atoms with van der Waals surface area (Å²) in [6.07, 6.45) is 11.5. The van der Waals surface area contributed by atoms with E-state index in [2.05, 4.69) is 53.5 Å². The highest BCUT2D eigenvalue weighted by Crippen LogP contribution is 2.33. The monoisotopic (exact) mass is 309 g/mol. The molecule has 0 aliphatic carbocycles. The van der Waals surface area contributed by atoms with Gasteiger partial charge in [-0.2, -0.15) is 0 Å². The summed E-state index contributed by atoms with van der Waals surface area (Å²) in [6, 6.07) is 1.74. The molecule has 0 N–H and O–H groups in total. The molecule has 1 heterocycles. The molecule has 0 spiro atoms. The predicted octanol–water partition coefficient (Wildman–Crippen LogP) is 6.37. The molecule has 1 aliphatic rings. The van der Waals surface area contributed by atoms with E-state index in [0.717, 1.165) is 35.8 Å². The molecular weight excluding hydrogens is 266 g/mol. The molecule has 1 aliphatic heterocycles. The summed E-state index contributed by atoms with van der Waals surface area (Å²) in [7, 11) is 2.28. The maximum atomic E-state index is 2.52. The number of likely N-dealkylation sites (N-methyl/N-ethyl adjacent to an activating group) is 1. The van der Waals surface area contributed by atoms with E-state index in [1.165, 1.54) is 51.4 Å². The second-order valence-corrected chi connectivity index (χ2v) is 8.64. The van der Waals surface area contributed by atoms with Gasteiger partial charge in [0.25, 0.3) is 0 Å². The summed E-state index contributed by atoms with van der Waals surface area (Å²) in [5.41, 5.74) is 0. The molecule has 4 atom stereocenters. The van der Waals surface area contributed by atoms with Crippen molar-refractivity contribution in [1.29, 1.82) is 0 Å². The van der Waals surface area contributed by atoms with Gasteiger partial charge in [-0.1, -0.05) is 73.1 Å². The van der Waals surface area contributed by atoms with Crippen molar-refractivity contribution in [2.75, 3.05) is 7.05 Å². The molecule has 0 aromatic heterocycles.